The van der Waals surface area contributed by atoms with Crippen LogP contribution in [0.1, 0.15) is 69.7 Å². The van der Waals surface area contributed by atoms with Gasteiger partial charge in [0.05, 0.1) is 0 Å². The molecule has 0 fully saturated rings. The van der Waals surface area contributed by atoms with Crippen molar-refractivity contribution >= 4 is 0 Å². The second-order valence-corrected chi connectivity index (χ2v) is 7.17. The molecule has 2 heteroatoms. The SMILES string of the molecule is Cc1ccc(O)c2c1C(C)CC2NC(C)C(C)(C)C. The quantitative estimate of drug-likeness (QED) is 0.833. The summed E-state index contributed by atoms with van der Waals surface area (Å²) in [5, 5.41) is 13.9. The van der Waals surface area contributed by atoms with Gasteiger partial charge >= 0.3 is 0 Å². The third-order valence-electron chi connectivity index (χ3n) is 4.66. The van der Waals surface area contributed by atoms with Crippen LogP contribution in [0, 0.1) is 12.3 Å². The molecule has 0 radical (unpaired) electrons. The van der Waals surface area contributed by atoms with Crippen LogP contribution in [-0.2, 0) is 0 Å². The summed E-state index contributed by atoms with van der Waals surface area (Å²) < 4.78 is 0. The highest BCUT2D eigenvalue weighted by molar-refractivity contribution is 5.50. The van der Waals surface area contributed by atoms with Crippen molar-refractivity contribution in [2.24, 2.45) is 5.41 Å². The molecule has 0 aliphatic heterocycles. The van der Waals surface area contributed by atoms with Gasteiger partial charge in [-0.3, -0.25) is 0 Å². The van der Waals surface area contributed by atoms with Crippen molar-refractivity contribution in [1.82, 2.24) is 5.32 Å². The van der Waals surface area contributed by atoms with E-state index in [1.807, 2.05) is 12.1 Å². The van der Waals surface area contributed by atoms with E-state index < -0.39 is 0 Å². The highest BCUT2D eigenvalue weighted by Gasteiger charge is 2.34. The van der Waals surface area contributed by atoms with E-state index in [0.29, 0.717) is 17.7 Å². The molecule has 0 amide bonds. The van der Waals surface area contributed by atoms with E-state index >= 15 is 0 Å². The largest absolute Gasteiger partial charge is 0.508 e. The lowest BCUT2D eigenvalue weighted by atomic mass is 9.87. The summed E-state index contributed by atoms with van der Waals surface area (Å²) in [6.07, 6.45) is 1.08. The fourth-order valence-corrected chi connectivity index (χ4v) is 3.05. The lowest BCUT2D eigenvalue weighted by Crippen LogP contribution is -2.39. The normalized spacial score (nSPS) is 24.3. The molecule has 0 spiro atoms. The number of aryl methyl sites for hydroxylation is 1. The minimum atomic E-state index is 0.228. The Morgan fingerprint density at radius 2 is 1.89 bits per heavy atom. The lowest BCUT2D eigenvalue weighted by Gasteiger charge is -2.31. The Hall–Kier alpha value is -1.02. The molecule has 2 rings (SSSR count). The predicted molar refractivity (Wildman–Crippen MR) is 80.7 cm³/mol. The molecular weight excluding hydrogens is 234 g/mol. The van der Waals surface area contributed by atoms with Gasteiger partial charge in [0.15, 0.2) is 0 Å². The number of fused-ring (bicyclic) bond motifs is 1. The molecule has 106 valence electrons. The van der Waals surface area contributed by atoms with Gasteiger partial charge in [-0.05, 0) is 48.8 Å². The third kappa shape index (κ3) is 2.64. The van der Waals surface area contributed by atoms with Crippen LogP contribution in [-0.4, -0.2) is 11.1 Å². The standard InChI is InChI=1S/C17H27NO/c1-10-7-8-14(19)16-13(9-11(2)15(10)16)18-12(3)17(4,5)6/h7-8,11-13,18-19H,9H2,1-6H3. The molecule has 3 unspecified atom stereocenters. The first-order valence-corrected chi connectivity index (χ1v) is 7.30. The summed E-state index contributed by atoms with van der Waals surface area (Å²) in [6.45, 7) is 13.4. The first-order chi connectivity index (χ1) is 8.71. The van der Waals surface area contributed by atoms with Gasteiger partial charge in [-0.1, -0.05) is 33.8 Å². The summed E-state index contributed by atoms with van der Waals surface area (Å²) in [4.78, 5) is 0. The summed E-state index contributed by atoms with van der Waals surface area (Å²) in [5.74, 6) is 0.968. The molecule has 3 atom stereocenters. The summed E-state index contributed by atoms with van der Waals surface area (Å²) in [5.41, 5.74) is 4.00. The average molecular weight is 261 g/mol. The van der Waals surface area contributed by atoms with Gasteiger partial charge in [-0.25, -0.2) is 0 Å². The van der Waals surface area contributed by atoms with Crippen LogP contribution >= 0.6 is 0 Å². The molecule has 2 nitrogen and oxygen atoms in total. The van der Waals surface area contributed by atoms with Crippen LogP contribution in [0.4, 0.5) is 0 Å². The molecule has 1 aliphatic rings. The molecule has 0 saturated heterocycles. The number of phenols is 1. The maximum absolute atomic E-state index is 10.2. The Morgan fingerprint density at radius 1 is 1.26 bits per heavy atom. The van der Waals surface area contributed by atoms with E-state index in [1.165, 1.54) is 11.1 Å². The molecule has 19 heavy (non-hydrogen) atoms. The first-order valence-electron chi connectivity index (χ1n) is 7.30. The molecule has 0 saturated carbocycles. The van der Waals surface area contributed by atoms with Crippen LogP contribution in [0.25, 0.3) is 0 Å². The molecule has 1 aromatic carbocycles. The molecule has 0 aromatic heterocycles. The maximum Gasteiger partial charge on any atom is 0.120 e. The number of benzene rings is 1. The van der Waals surface area contributed by atoms with Crippen LogP contribution in [0.15, 0.2) is 12.1 Å². The van der Waals surface area contributed by atoms with Gasteiger partial charge in [0, 0.05) is 17.6 Å². The molecule has 0 bridgehead atoms. The minimum absolute atomic E-state index is 0.228. The van der Waals surface area contributed by atoms with E-state index in [9.17, 15) is 5.11 Å². The van der Waals surface area contributed by atoms with Gasteiger partial charge in [-0.15, -0.1) is 0 Å². The fourth-order valence-electron chi connectivity index (χ4n) is 3.05. The third-order valence-corrected chi connectivity index (χ3v) is 4.66. The lowest BCUT2D eigenvalue weighted by molar-refractivity contribution is 0.259. The van der Waals surface area contributed by atoms with Crippen LogP contribution in [0.3, 0.4) is 0 Å². The Labute approximate surface area is 117 Å². The van der Waals surface area contributed by atoms with E-state index in [-0.39, 0.29) is 11.5 Å². The maximum atomic E-state index is 10.2. The summed E-state index contributed by atoms with van der Waals surface area (Å²) in [7, 11) is 0. The zero-order valence-electron chi connectivity index (χ0n) is 13.0. The zero-order valence-corrected chi connectivity index (χ0v) is 13.0. The van der Waals surface area contributed by atoms with Crippen LogP contribution < -0.4 is 5.32 Å². The van der Waals surface area contributed by atoms with Crippen LogP contribution in [0.2, 0.25) is 0 Å². The van der Waals surface area contributed by atoms with Crippen molar-refractivity contribution in [3.05, 3.63) is 28.8 Å². The van der Waals surface area contributed by atoms with Crippen molar-refractivity contribution in [2.75, 3.05) is 0 Å². The molecular formula is C17H27NO. The molecule has 0 heterocycles. The highest BCUT2D eigenvalue weighted by atomic mass is 16.3. The van der Waals surface area contributed by atoms with Gasteiger partial charge in [-0.2, -0.15) is 0 Å². The number of rotatable bonds is 2. The summed E-state index contributed by atoms with van der Waals surface area (Å²) in [6, 6.07) is 4.55. The molecule has 2 N–H and O–H groups in total. The topological polar surface area (TPSA) is 32.3 Å². The minimum Gasteiger partial charge on any atom is -0.508 e. The molecule has 1 aliphatic carbocycles. The summed E-state index contributed by atoms with van der Waals surface area (Å²) >= 11 is 0. The van der Waals surface area contributed by atoms with Gasteiger partial charge in [0.25, 0.3) is 0 Å². The van der Waals surface area contributed by atoms with E-state index in [2.05, 4.69) is 46.9 Å². The Morgan fingerprint density at radius 3 is 2.47 bits per heavy atom. The van der Waals surface area contributed by atoms with E-state index in [1.54, 1.807) is 0 Å². The van der Waals surface area contributed by atoms with Gasteiger partial charge in [0.1, 0.15) is 5.75 Å². The Balaban J connectivity index is 2.32. The molecule has 1 aromatic rings. The smallest absolute Gasteiger partial charge is 0.120 e. The Bertz CT molecular complexity index is 473. The van der Waals surface area contributed by atoms with Gasteiger partial charge in [0.2, 0.25) is 0 Å². The second-order valence-electron chi connectivity index (χ2n) is 7.17. The van der Waals surface area contributed by atoms with Crippen molar-refractivity contribution in [2.45, 2.75) is 66.0 Å². The highest BCUT2D eigenvalue weighted by Crippen LogP contribution is 2.46. The predicted octanol–water partition coefficient (Wildman–Crippen LogP) is 4.27. The number of hydrogen-bond donors (Lipinski definition) is 2. The van der Waals surface area contributed by atoms with Crippen molar-refractivity contribution in [3.63, 3.8) is 0 Å². The zero-order chi connectivity index (χ0) is 14.4. The van der Waals surface area contributed by atoms with E-state index in [4.69, 9.17) is 0 Å². The van der Waals surface area contributed by atoms with Crippen molar-refractivity contribution in [1.29, 1.82) is 0 Å². The van der Waals surface area contributed by atoms with E-state index in [0.717, 1.165) is 12.0 Å². The van der Waals surface area contributed by atoms with Crippen molar-refractivity contribution < 1.29 is 5.11 Å². The second kappa shape index (κ2) is 4.82. The van der Waals surface area contributed by atoms with Crippen molar-refractivity contribution in [3.8, 4) is 5.75 Å². The van der Waals surface area contributed by atoms with Gasteiger partial charge < -0.3 is 10.4 Å². The fraction of sp³-hybridized carbons (Fsp3) is 0.647. The number of phenolic OH excluding ortho intramolecular Hbond substituents is 1. The monoisotopic (exact) mass is 261 g/mol. The average Bonchev–Trinajstić information content (AvgIpc) is 2.61. The van der Waals surface area contributed by atoms with Crippen LogP contribution in [0.5, 0.6) is 5.75 Å². The first kappa shape index (κ1) is 14.4. The number of aromatic hydroxyl groups is 1. The Kier molecular flexibility index (Phi) is 3.65. The number of nitrogens with one attached hydrogen (secondary N) is 1. The number of hydrogen-bond acceptors (Lipinski definition) is 2.